The van der Waals surface area contributed by atoms with Gasteiger partial charge in [-0.05, 0) is 53.3 Å². The van der Waals surface area contributed by atoms with Gasteiger partial charge in [0.05, 0.1) is 16.5 Å². The highest BCUT2D eigenvalue weighted by Gasteiger charge is 2.48. The molecule has 1 unspecified atom stereocenters. The molecule has 0 bridgehead atoms. The van der Waals surface area contributed by atoms with Crippen LogP contribution in [0.5, 0.6) is 5.75 Å². The van der Waals surface area contributed by atoms with Crippen molar-refractivity contribution in [2.45, 2.75) is 37.9 Å². The Kier molecular flexibility index (Phi) is 7.64. The van der Waals surface area contributed by atoms with Crippen molar-refractivity contribution in [3.63, 3.8) is 0 Å². The van der Waals surface area contributed by atoms with E-state index in [-0.39, 0.29) is 29.0 Å². The second-order valence-electron chi connectivity index (χ2n) is 7.49. The van der Waals surface area contributed by atoms with Crippen molar-refractivity contribution < 1.29 is 48.8 Å². The average Bonchev–Trinajstić information content (AvgIpc) is 2.63. The number of rotatable bonds is 7. The molecule has 5 nitrogen and oxygen atoms in total. The Morgan fingerprint density at radius 1 is 1.03 bits per heavy atom. The van der Waals surface area contributed by atoms with Gasteiger partial charge < -0.3 is 9.29 Å². The summed E-state index contributed by atoms with van der Waals surface area (Å²) in [5, 5.41) is 8.93. The fourth-order valence-electron chi connectivity index (χ4n) is 2.98. The molecule has 182 valence electrons. The molecule has 13 heteroatoms. The Labute approximate surface area is 190 Å². The van der Waals surface area contributed by atoms with Crippen LogP contribution in [0.25, 0.3) is 11.1 Å². The standard InChI is InChI=1S/C20H17ClF6O5S/c1-10(2)5-15(18(28)29)13-6-12(7-14(8-13)32-33(30,31)20(25,26)27)11-3-4-17(21)16(9-11)19(22,23)24/h3-4,6-10,15H,5H2,1-2H3,(H,28,29). The largest absolute Gasteiger partial charge is 0.534 e. The molecule has 0 fully saturated rings. The first kappa shape index (κ1) is 26.8. The Bertz CT molecular complexity index is 1140. The van der Waals surface area contributed by atoms with Crippen molar-refractivity contribution in [3.05, 3.63) is 52.5 Å². The van der Waals surface area contributed by atoms with E-state index < -0.39 is 50.0 Å². The minimum Gasteiger partial charge on any atom is -0.481 e. The van der Waals surface area contributed by atoms with Crippen molar-refractivity contribution in [2.75, 3.05) is 0 Å². The lowest BCUT2D eigenvalue weighted by Gasteiger charge is -2.19. The first-order valence-corrected chi connectivity index (χ1v) is 11.0. The lowest BCUT2D eigenvalue weighted by Crippen LogP contribution is -2.28. The van der Waals surface area contributed by atoms with Gasteiger partial charge in [-0.15, -0.1) is 0 Å². The molecule has 0 radical (unpaired) electrons. The lowest BCUT2D eigenvalue weighted by molar-refractivity contribution is -0.139. The second-order valence-corrected chi connectivity index (χ2v) is 9.43. The predicted octanol–water partition coefficient (Wildman–Crippen LogP) is 6.47. The highest BCUT2D eigenvalue weighted by Crippen LogP contribution is 2.39. The van der Waals surface area contributed by atoms with Gasteiger partial charge in [0, 0.05) is 0 Å². The van der Waals surface area contributed by atoms with Crippen LogP contribution in [0.4, 0.5) is 26.3 Å². The zero-order valence-corrected chi connectivity index (χ0v) is 18.5. The van der Waals surface area contributed by atoms with Crippen LogP contribution in [0.15, 0.2) is 36.4 Å². The lowest BCUT2D eigenvalue weighted by atomic mass is 9.88. The van der Waals surface area contributed by atoms with Gasteiger partial charge in [-0.25, -0.2) is 0 Å². The number of carboxylic acid groups (broad SMARTS) is 1. The number of halogens is 7. The number of alkyl halides is 6. The smallest absolute Gasteiger partial charge is 0.481 e. The van der Waals surface area contributed by atoms with Gasteiger partial charge in [-0.1, -0.05) is 37.6 Å². The van der Waals surface area contributed by atoms with Crippen LogP contribution in [-0.2, 0) is 21.1 Å². The molecule has 0 amide bonds. The van der Waals surface area contributed by atoms with E-state index in [1.54, 1.807) is 13.8 Å². The summed E-state index contributed by atoms with van der Waals surface area (Å²) in [5.74, 6) is -3.75. The van der Waals surface area contributed by atoms with E-state index in [0.29, 0.717) is 6.07 Å². The summed E-state index contributed by atoms with van der Waals surface area (Å²) < 4.78 is 105. The number of carbonyl (C=O) groups is 1. The van der Waals surface area contributed by atoms with Gasteiger partial charge >= 0.3 is 27.8 Å². The van der Waals surface area contributed by atoms with Crippen LogP contribution in [0, 0.1) is 5.92 Å². The number of carboxylic acids is 1. The maximum absolute atomic E-state index is 13.2. The Morgan fingerprint density at radius 3 is 2.12 bits per heavy atom. The Morgan fingerprint density at radius 2 is 1.64 bits per heavy atom. The molecule has 0 spiro atoms. The van der Waals surface area contributed by atoms with Crippen molar-refractivity contribution in [1.29, 1.82) is 0 Å². The summed E-state index contributed by atoms with van der Waals surface area (Å²) in [7, 11) is -6.12. The van der Waals surface area contributed by atoms with Crippen LogP contribution in [0.1, 0.15) is 37.3 Å². The highest BCUT2D eigenvalue weighted by atomic mass is 35.5. The number of hydrogen-bond acceptors (Lipinski definition) is 4. The zero-order chi connectivity index (χ0) is 25.4. The molecular weight excluding hydrogens is 502 g/mol. The van der Waals surface area contributed by atoms with E-state index >= 15 is 0 Å². The summed E-state index contributed by atoms with van der Waals surface area (Å²) in [5.41, 5.74) is -7.57. The minimum atomic E-state index is -6.12. The molecule has 2 rings (SSSR count). The number of benzene rings is 2. The van der Waals surface area contributed by atoms with E-state index in [9.17, 15) is 44.7 Å². The van der Waals surface area contributed by atoms with Crippen molar-refractivity contribution in [3.8, 4) is 16.9 Å². The Hall–Kier alpha value is -2.47. The van der Waals surface area contributed by atoms with Crippen molar-refractivity contribution >= 4 is 27.7 Å². The third kappa shape index (κ3) is 6.53. The SMILES string of the molecule is CC(C)CC(C(=O)O)c1cc(OS(=O)(=O)C(F)(F)F)cc(-c2ccc(Cl)c(C(F)(F)F)c2)c1. The van der Waals surface area contributed by atoms with Crippen LogP contribution >= 0.6 is 11.6 Å². The summed E-state index contributed by atoms with van der Waals surface area (Å²) in [4.78, 5) is 11.8. The van der Waals surface area contributed by atoms with Crippen LogP contribution in [0.2, 0.25) is 5.02 Å². The van der Waals surface area contributed by atoms with E-state index in [0.717, 1.165) is 30.3 Å². The normalized spacial score (nSPS) is 13.8. The van der Waals surface area contributed by atoms with Crippen LogP contribution in [0.3, 0.4) is 0 Å². The van der Waals surface area contributed by atoms with Gasteiger partial charge in [0.15, 0.2) is 0 Å². The van der Waals surface area contributed by atoms with E-state index in [2.05, 4.69) is 4.18 Å². The van der Waals surface area contributed by atoms with Crippen molar-refractivity contribution in [1.82, 2.24) is 0 Å². The van der Waals surface area contributed by atoms with Gasteiger partial charge in [0.25, 0.3) is 0 Å². The van der Waals surface area contributed by atoms with Gasteiger partial charge in [-0.2, -0.15) is 34.8 Å². The Balaban J connectivity index is 2.74. The molecule has 0 saturated heterocycles. The molecule has 33 heavy (non-hydrogen) atoms. The molecule has 0 heterocycles. The number of aliphatic carboxylic acids is 1. The summed E-state index contributed by atoms with van der Waals surface area (Å²) in [6.45, 7) is 3.36. The van der Waals surface area contributed by atoms with Gasteiger partial charge in [0.2, 0.25) is 0 Å². The summed E-state index contributed by atoms with van der Waals surface area (Å²) >= 11 is 5.59. The maximum Gasteiger partial charge on any atom is 0.534 e. The van der Waals surface area contributed by atoms with Gasteiger partial charge in [-0.3, -0.25) is 4.79 Å². The van der Waals surface area contributed by atoms with E-state index in [4.69, 9.17) is 11.6 Å². The molecule has 2 aromatic rings. The molecule has 2 aromatic carbocycles. The highest BCUT2D eigenvalue weighted by molar-refractivity contribution is 7.88. The minimum absolute atomic E-state index is 0.0126. The fraction of sp³-hybridized carbons (Fsp3) is 0.350. The monoisotopic (exact) mass is 518 g/mol. The molecule has 0 saturated carbocycles. The average molecular weight is 519 g/mol. The first-order valence-electron chi connectivity index (χ1n) is 9.18. The second kappa shape index (κ2) is 9.41. The molecule has 0 aliphatic carbocycles. The molecular formula is C20H17ClF6O5S. The summed E-state index contributed by atoms with van der Waals surface area (Å²) in [6.07, 6.45) is -4.84. The van der Waals surface area contributed by atoms with E-state index in [1.165, 1.54) is 0 Å². The molecule has 1 N–H and O–H groups in total. The number of hydrogen-bond donors (Lipinski definition) is 1. The fourth-order valence-corrected chi connectivity index (χ4v) is 3.65. The molecule has 0 aliphatic heterocycles. The third-order valence-electron chi connectivity index (χ3n) is 4.43. The zero-order valence-electron chi connectivity index (χ0n) is 17.0. The van der Waals surface area contributed by atoms with Gasteiger partial charge in [0.1, 0.15) is 5.75 Å². The quantitative estimate of drug-likeness (QED) is 0.258. The predicted molar refractivity (Wildman–Crippen MR) is 107 cm³/mol. The first-order chi connectivity index (χ1) is 14.9. The van der Waals surface area contributed by atoms with E-state index in [1.807, 2.05) is 0 Å². The maximum atomic E-state index is 13.2. The third-order valence-corrected chi connectivity index (χ3v) is 5.74. The van der Waals surface area contributed by atoms with Crippen LogP contribution in [-0.4, -0.2) is 25.0 Å². The molecule has 1 atom stereocenters. The molecule has 0 aromatic heterocycles. The summed E-state index contributed by atoms with van der Waals surface area (Å²) in [6, 6.07) is 5.36. The topological polar surface area (TPSA) is 80.7 Å². The molecule has 0 aliphatic rings. The van der Waals surface area contributed by atoms with Crippen LogP contribution < -0.4 is 4.18 Å². The van der Waals surface area contributed by atoms with Crippen molar-refractivity contribution in [2.24, 2.45) is 5.92 Å².